The minimum absolute atomic E-state index is 0.0898. The van der Waals surface area contributed by atoms with Crippen LogP contribution in [0.5, 0.6) is 0 Å². The third-order valence-corrected chi connectivity index (χ3v) is 6.49. The number of rotatable bonds is 6. The van der Waals surface area contributed by atoms with Crippen LogP contribution in [0.15, 0.2) is 42.9 Å². The van der Waals surface area contributed by atoms with Crippen LogP contribution in [0.3, 0.4) is 0 Å². The van der Waals surface area contributed by atoms with E-state index in [0.717, 1.165) is 36.2 Å². The molecular formula is C25H28N8O2. The fourth-order valence-electron chi connectivity index (χ4n) is 4.45. The van der Waals surface area contributed by atoms with Gasteiger partial charge in [-0.15, -0.1) is 0 Å². The molecule has 10 heteroatoms. The minimum atomic E-state index is -0.304. The monoisotopic (exact) mass is 472 g/mol. The molecule has 1 atom stereocenters. The molecule has 0 aromatic carbocycles. The summed E-state index contributed by atoms with van der Waals surface area (Å²) in [4.78, 5) is 39.7. The Morgan fingerprint density at radius 2 is 2.03 bits per heavy atom. The molecule has 1 fully saturated rings. The largest absolute Gasteiger partial charge is 0.338 e. The van der Waals surface area contributed by atoms with E-state index < -0.39 is 0 Å². The summed E-state index contributed by atoms with van der Waals surface area (Å²) in [5, 5.41) is 10.8. The van der Waals surface area contributed by atoms with Gasteiger partial charge >= 0.3 is 0 Å². The Balaban J connectivity index is 1.30. The molecule has 0 bridgehead atoms. The predicted octanol–water partition coefficient (Wildman–Crippen LogP) is 3.34. The number of carbonyl (C=O) groups excluding carboxylic acids is 2. The highest BCUT2D eigenvalue weighted by molar-refractivity contribution is 6.06. The zero-order valence-corrected chi connectivity index (χ0v) is 20.0. The van der Waals surface area contributed by atoms with Crippen molar-refractivity contribution >= 4 is 34.2 Å². The summed E-state index contributed by atoms with van der Waals surface area (Å²) in [6.07, 6.45) is 7.10. The van der Waals surface area contributed by atoms with Crippen molar-refractivity contribution in [3.63, 3.8) is 0 Å². The maximum Gasteiger partial charge on any atom is 0.257 e. The van der Waals surface area contributed by atoms with E-state index in [1.165, 1.54) is 6.20 Å². The van der Waals surface area contributed by atoms with Crippen LogP contribution in [-0.2, 0) is 11.8 Å². The van der Waals surface area contributed by atoms with E-state index in [0.29, 0.717) is 40.9 Å². The first-order valence-electron chi connectivity index (χ1n) is 11.7. The standard InChI is InChI=1S/C25H28N8O2/c1-15-5-4-8-33(15)14-23(34)29-19-11-20(16(2)26-13-19)31-25(35)18-9-17-10-21(30-24(17)27-12-18)22-6-7-28-32(22)3/h6-7,9-13,15H,4-5,8,14H2,1-3H3,(H,27,30)(H,29,34)(H,31,35)/t15-/m0/s1. The Kier molecular flexibility index (Phi) is 6.04. The molecule has 0 unspecified atom stereocenters. The van der Waals surface area contributed by atoms with Gasteiger partial charge in [0.1, 0.15) is 5.65 Å². The van der Waals surface area contributed by atoms with E-state index in [-0.39, 0.29) is 11.8 Å². The predicted molar refractivity (Wildman–Crippen MR) is 134 cm³/mol. The van der Waals surface area contributed by atoms with Gasteiger partial charge in [-0.05, 0) is 57.5 Å². The second kappa shape index (κ2) is 9.30. The van der Waals surface area contributed by atoms with Gasteiger partial charge in [0, 0.05) is 30.9 Å². The third kappa shape index (κ3) is 4.78. The minimum Gasteiger partial charge on any atom is -0.338 e. The van der Waals surface area contributed by atoms with Crippen LogP contribution in [0.1, 0.15) is 35.8 Å². The van der Waals surface area contributed by atoms with Crippen LogP contribution in [0.4, 0.5) is 11.4 Å². The number of fused-ring (bicyclic) bond motifs is 1. The van der Waals surface area contributed by atoms with Gasteiger partial charge in [0.05, 0.1) is 46.8 Å². The fourth-order valence-corrected chi connectivity index (χ4v) is 4.45. The van der Waals surface area contributed by atoms with Gasteiger partial charge in [0.2, 0.25) is 5.91 Å². The van der Waals surface area contributed by atoms with Gasteiger partial charge < -0.3 is 15.6 Å². The van der Waals surface area contributed by atoms with Gasteiger partial charge in [-0.1, -0.05) is 0 Å². The third-order valence-electron chi connectivity index (χ3n) is 6.49. The normalized spacial score (nSPS) is 16.0. The van der Waals surface area contributed by atoms with Crippen molar-refractivity contribution < 1.29 is 9.59 Å². The molecule has 180 valence electrons. The highest BCUT2D eigenvalue weighted by Crippen LogP contribution is 2.24. The van der Waals surface area contributed by atoms with Gasteiger partial charge in [0.25, 0.3) is 5.91 Å². The summed E-state index contributed by atoms with van der Waals surface area (Å²) in [5.41, 5.74) is 4.64. The molecule has 4 aromatic heterocycles. The lowest BCUT2D eigenvalue weighted by Crippen LogP contribution is -2.35. The molecule has 0 saturated carbocycles. The molecule has 3 N–H and O–H groups in total. The molecule has 10 nitrogen and oxygen atoms in total. The molecule has 5 heterocycles. The lowest BCUT2D eigenvalue weighted by molar-refractivity contribution is -0.117. The number of nitrogens with one attached hydrogen (secondary N) is 3. The Bertz CT molecular complexity index is 1410. The van der Waals surface area contributed by atoms with Gasteiger partial charge in [0.15, 0.2) is 0 Å². The number of nitrogens with zero attached hydrogens (tertiary/aromatic N) is 5. The second-order valence-corrected chi connectivity index (χ2v) is 9.01. The number of anilines is 2. The van der Waals surface area contributed by atoms with E-state index in [9.17, 15) is 9.59 Å². The molecule has 5 rings (SSSR count). The van der Waals surface area contributed by atoms with Crippen molar-refractivity contribution in [3.8, 4) is 11.4 Å². The summed E-state index contributed by atoms with van der Waals surface area (Å²) >= 11 is 0. The smallest absolute Gasteiger partial charge is 0.257 e. The van der Waals surface area contributed by atoms with E-state index in [4.69, 9.17) is 0 Å². The quantitative estimate of drug-likeness (QED) is 0.396. The van der Waals surface area contributed by atoms with Crippen molar-refractivity contribution in [2.75, 3.05) is 23.7 Å². The summed E-state index contributed by atoms with van der Waals surface area (Å²) < 4.78 is 1.77. The first-order valence-corrected chi connectivity index (χ1v) is 11.7. The van der Waals surface area contributed by atoms with Gasteiger partial charge in [-0.25, -0.2) is 4.98 Å². The van der Waals surface area contributed by atoms with E-state index in [1.807, 2.05) is 19.2 Å². The average molecular weight is 473 g/mol. The molecule has 1 aliphatic rings. The highest BCUT2D eigenvalue weighted by Gasteiger charge is 2.22. The Labute approximate surface area is 202 Å². The maximum atomic E-state index is 13.0. The van der Waals surface area contributed by atoms with Crippen LogP contribution < -0.4 is 10.6 Å². The fraction of sp³-hybridized carbons (Fsp3) is 0.320. The Hall–Kier alpha value is -4.05. The van der Waals surface area contributed by atoms with Crippen molar-refractivity contribution in [1.29, 1.82) is 0 Å². The number of hydrogen-bond acceptors (Lipinski definition) is 6. The van der Waals surface area contributed by atoms with E-state index >= 15 is 0 Å². The number of hydrogen-bond donors (Lipinski definition) is 3. The van der Waals surface area contributed by atoms with E-state index in [2.05, 4.69) is 42.5 Å². The second-order valence-electron chi connectivity index (χ2n) is 9.01. The van der Waals surface area contributed by atoms with Gasteiger partial charge in [-0.2, -0.15) is 5.10 Å². The zero-order chi connectivity index (χ0) is 24.5. The molecule has 1 saturated heterocycles. The van der Waals surface area contributed by atoms with Gasteiger partial charge in [-0.3, -0.25) is 24.2 Å². The number of H-pyrrole nitrogens is 1. The molecule has 0 spiro atoms. The number of carbonyl (C=O) groups is 2. The number of aromatic amines is 1. The summed E-state index contributed by atoms with van der Waals surface area (Å²) in [6.45, 7) is 5.23. The molecule has 1 aliphatic heterocycles. The van der Waals surface area contributed by atoms with Crippen LogP contribution in [-0.4, -0.2) is 60.6 Å². The lowest BCUT2D eigenvalue weighted by atomic mass is 10.2. The van der Waals surface area contributed by atoms with Crippen LogP contribution in [0.2, 0.25) is 0 Å². The van der Waals surface area contributed by atoms with Crippen molar-refractivity contribution in [2.24, 2.45) is 7.05 Å². The highest BCUT2D eigenvalue weighted by atomic mass is 16.2. The molecule has 4 aromatic rings. The first kappa shape index (κ1) is 22.7. The van der Waals surface area contributed by atoms with Crippen LogP contribution in [0.25, 0.3) is 22.4 Å². The topological polar surface area (TPSA) is 121 Å². The number of pyridine rings is 2. The van der Waals surface area contributed by atoms with Crippen molar-refractivity contribution in [3.05, 3.63) is 54.1 Å². The summed E-state index contributed by atoms with van der Waals surface area (Å²) in [5.74, 6) is -0.394. The lowest BCUT2D eigenvalue weighted by Gasteiger charge is -2.20. The maximum absolute atomic E-state index is 13.0. The summed E-state index contributed by atoms with van der Waals surface area (Å²) in [7, 11) is 1.87. The molecule has 2 amide bonds. The van der Waals surface area contributed by atoms with E-state index in [1.54, 1.807) is 36.1 Å². The Morgan fingerprint density at radius 3 is 2.77 bits per heavy atom. The van der Waals surface area contributed by atoms with Crippen LogP contribution in [0, 0.1) is 6.92 Å². The van der Waals surface area contributed by atoms with Crippen LogP contribution >= 0.6 is 0 Å². The molecule has 0 radical (unpaired) electrons. The molecule has 0 aliphatic carbocycles. The summed E-state index contributed by atoms with van der Waals surface area (Å²) in [6, 6.07) is 7.79. The number of amides is 2. The number of aryl methyl sites for hydroxylation is 2. The molecular weight excluding hydrogens is 444 g/mol. The van der Waals surface area contributed by atoms with Crippen molar-refractivity contribution in [2.45, 2.75) is 32.7 Å². The SMILES string of the molecule is Cc1ncc(NC(=O)CN2CCC[C@@H]2C)cc1NC(=O)c1cnc2[nH]c(-c3ccnn3C)cc2c1. The number of likely N-dealkylation sites (tertiary alicyclic amines) is 1. The number of aromatic nitrogens is 5. The zero-order valence-electron chi connectivity index (χ0n) is 20.0. The molecule has 35 heavy (non-hydrogen) atoms. The Morgan fingerprint density at radius 1 is 1.17 bits per heavy atom. The average Bonchev–Trinajstić information content (AvgIpc) is 3.55. The van der Waals surface area contributed by atoms with Crippen molar-refractivity contribution in [1.82, 2.24) is 29.6 Å². The first-order chi connectivity index (χ1) is 16.9.